The molecule has 0 heterocycles. The van der Waals surface area contributed by atoms with Gasteiger partial charge in [-0.25, -0.2) is 18.4 Å². The van der Waals surface area contributed by atoms with E-state index in [9.17, 15) is 28.5 Å². The maximum absolute atomic E-state index is 12.6. The Labute approximate surface area is 198 Å². The molecule has 2 saturated carbocycles. The first-order valence-corrected chi connectivity index (χ1v) is 13.1. The zero-order valence-electron chi connectivity index (χ0n) is 18.8. The number of benzene rings is 2. The van der Waals surface area contributed by atoms with E-state index in [2.05, 4.69) is 0 Å². The van der Waals surface area contributed by atoms with Crippen molar-refractivity contribution < 1.29 is 33.3 Å². The highest BCUT2D eigenvalue weighted by molar-refractivity contribution is 7.89. The van der Waals surface area contributed by atoms with Crippen LogP contribution in [0.25, 0.3) is 0 Å². The molecule has 34 heavy (non-hydrogen) atoms. The van der Waals surface area contributed by atoms with Crippen molar-refractivity contribution in [1.82, 2.24) is 0 Å². The molecule has 0 spiro atoms. The van der Waals surface area contributed by atoms with Crippen molar-refractivity contribution in [3.63, 3.8) is 0 Å². The van der Waals surface area contributed by atoms with Crippen LogP contribution in [0.3, 0.4) is 0 Å². The standard InChI is InChI=1S/C25H29NO7S/c1-25-11-10-18-17-9-5-15(33-24(30)13-2-6-16(7-3-13)34(26,31)32)12-14(17)4-8-19(18)20(25)21(27)22(28)23(25)29/h2-3,5-7,9,12,18-23,27-29H,4,8,10-11H2,1H3,(H2,26,31,32)/t18?,19?,20?,21-,22-,23+,25+/m1/s1. The molecule has 2 aromatic rings. The molecule has 0 amide bonds. The molecule has 3 aliphatic rings. The number of sulfonamides is 1. The van der Waals surface area contributed by atoms with Crippen molar-refractivity contribution in [1.29, 1.82) is 0 Å². The van der Waals surface area contributed by atoms with Gasteiger partial charge in [0.2, 0.25) is 10.0 Å². The lowest BCUT2D eigenvalue weighted by molar-refractivity contribution is -0.0505. The molecular formula is C25H29NO7S. The van der Waals surface area contributed by atoms with E-state index in [0.29, 0.717) is 5.75 Å². The lowest BCUT2D eigenvalue weighted by Crippen LogP contribution is -2.46. The van der Waals surface area contributed by atoms with Crippen LogP contribution in [0.5, 0.6) is 5.75 Å². The Balaban J connectivity index is 1.35. The van der Waals surface area contributed by atoms with Gasteiger partial charge in [-0.15, -0.1) is 0 Å². The van der Waals surface area contributed by atoms with Crippen LogP contribution in [-0.2, 0) is 16.4 Å². The van der Waals surface area contributed by atoms with E-state index in [1.807, 2.05) is 19.1 Å². The Bertz CT molecular complexity index is 1230. The van der Waals surface area contributed by atoms with E-state index in [1.165, 1.54) is 29.8 Å². The smallest absolute Gasteiger partial charge is 0.343 e. The number of rotatable bonds is 3. The molecule has 9 heteroatoms. The van der Waals surface area contributed by atoms with E-state index < -0.39 is 39.7 Å². The molecule has 0 saturated heterocycles. The van der Waals surface area contributed by atoms with Gasteiger partial charge in [-0.3, -0.25) is 0 Å². The Morgan fingerprint density at radius 3 is 2.44 bits per heavy atom. The second-order valence-electron chi connectivity index (χ2n) is 10.1. The monoisotopic (exact) mass is 487 g/mol. The van der Waals surface area contributed by atoms with Gasteiger partial charge in [-0.05, 0) is 91.0 Å². The minimum atomic E-state index is -3.84. The van der Waals surface area contributed by atoms with Gasteiger partial charge in [0.05, 0.1) is 22.7 Å². The summed E-state index contributed by atoms with van der Waals surface area (Å²) in [6.07, 6.45) is 0.175. The molecule has 8 nitrogen and oxygen atoms in total. The Kier molecular flexibility index (Phi) is 5.61. The lowest BCUT2D eigenvalue weighted by Gasteiger charge is -2.50. The van der Waals surface area contributed by atoms with Crippen LogP contribution in [0, 0.1) is 17.3 Å². The van der Waals surface area contributed by atoms with Crippen molar-refractivity contribution in [2.75, 3.05) is 0 Å². The predicted molar refractivity (Wildman–Crippen MR) is 123 cm³/mol. The number of carbonyl (C=O) groups is 1. The van der Waals surface area contributed by atoms with Crippen LogP contribution in [0.4, 0.5) is 0 Å². The number of aliphatic hydroxyl groups excluding tert-OH is 3. The second-order valence-corrected chi connectivity index (χ2v) is 11.7. The summed E-state index contributed by atoms with van der Waals surface area (Å²) >= 11 is 0. The van der Waals surface area contributed by atoms with Gasteiger partial charge in [0.15, 0.2) is 0 Å². The van der Waals surface area contributed by atoms with Crippen molar-refractivity contribution in [3.8, 4) is 5.75 Å². The summed E-state index contributed by atoms with van der Waals surface area (Å²) < 4.78 is 28.3. The molecule has 5 rings (SSSR count). The van der Waals surface area contributed by atoms with E-state index in [-0.39, 0.29) is 28.2 Å². The summed E-state index contributed by atoms with van der Waals surface area (Å²) in [6.45, 7) is 1.98. The number of esters is 1. The Morgan fingerprint density at radius 1 is 1.06 bits per heavy atom. The number of aryl methyl sites for hydroxylation is 1. The first-order chi connectivity index (χ1) is 16.0. The molecule has 3 unspecified atom stereocenters. The normalized spacial score (nSPS) is 34.6. The number of ether oxygens (including phenoxy) is 1. The fourth-order valence-electron chi connectivity index (χ4n) is 6.62. The van der Waals surface area contributed by atoms with Crippen LogP contribution in [0.1, 0.15) is 53.6 Å². The molecule has 0 aromatic heterocycles. The summed E-state index contributed by atoms with van der Waals surface area (Å²) in [5, 5.41) is 36.7. The zero-order chi connectivity index (χ0) is 24.4. The summed E-state index contributed by atoms with van der Waals surface area (Å²) in [5.41, 5.74) is 1.97. The summed E-state index contributed by atoms with van der Waals surface area (Å²) in [4.78, 5) is 12.5. The molecule has 2 fully saturated rings. The average molecular weight is 488 g/mol. The summed E-state index contributed by atoms with van der Waals surface area (Å²) in [6, 6.07) is 10.8. The third kappa shape index (κ3) is 3.67. The van der Waals surface area contributed by atoms with Crippen molar-refractivity contribution in [2.45, 2.75) is 61.7 Å². The van der Waals surface area contributed by atoms with Crippen molar-refractivity contribution >= 4 is 16.0 Å². The number of hydrogen-bond acceptors (Lipinski definition) is 7. The van der Waals surface area contributed by atoms with E-state index >= 15 is 0 Å². The lowest BCUT2D eigenvalue weighted by atomic mass is 9.55. The minimum Gasteiger partial charge on any atom is -0.423 e. The van der Waals surface area contributed by atoms with Gasteiger partial charge < -0.3 is 20.1 Å². The third-order valence-corrected chi connectivity index (χ3v) is 9.27. The summed E-state index contributed by atoms with van der Waals surface area (Å²) in [5.74, 6) is 0.0238. The van der Waals surface area contributed by atoms with E-state index in [4.69, 9.17) is 9.88 Å². The molecule has 2 aromatic carbocycles. The number of fused-ring (bicyclic) bond motifs is 5. The fourth-order valence-corrected chi connectivity index (χ4v) is 7.14. The number of carbonyl (C=O) groups excluding carboxylic acids is 1. The zero-order valence-corrected chi connectivity index (χ0v) is 19.6. The van der Waals surface area contributed by atoms with E-state index in [1.54, 1.807) is 6.07 Å². The fraction of sp³-hybridized carbons (Fsp3) is 0.480. The largest absolute Gasteiger partial charge is 0.423 e. The van der Waals surface area contributed by atoms with Crippen molar-refractivity contribution in [3.05, 3.63) is 59.2 Å². The molecule has 7 atom stereocenters. The topological polar surface area (TPSA) is 147 Å². The van der Waals surface area contributed by atoms with Crippen LogP contribution in [0.2, 0.25) is 0 Å². The first-order valence-electron chi connectivity index (χ1n) is 11.5. The molecule has 5 N–H and O–H groups in total. The Hall–Kier alpha value is -2.30. The third-order valence-electron chi connectivity index (χ3n) is 8.34. The molecule has 0 aliphatic heterocycles. The number of aliphatic hydroxyl groups is 3. The van der Waals surface area contributed by atoms with Crippen LogP contribution < -0.4 is 9.88 Å². The highest BCUT2D eigenvalue weighted by Gasteiger charge is 2.62. The highest BCUT2D eigenvalue weighted by atomic mass is 32.2. The Morgan fingerprint density at radius 2 is 1.76 bits per heavy atom. The quantitative estimate of drug-likeness (QED) is 0.381. The number of hydrogen-bond donors (Lipinski definition) is 4. The van der Waals surface area contributed by atoms with Gasteiger partial charge in [0.1, 0.15) is 11.9 Å². The number of nitrogens with two attached hydrogens (primary N) is 1. The maximum atomic E-state index is 12.6. The molecule has 3 aliphatic carbocycles. The van der Waals surface area contributed by atoms with Crippen LogP contribution >= 0.6 is 0 Å². The molecule has 0 bridgehead atoms. The van der Waals surface area contributed by atoms with Crippen molar-refractivity contribution in [2.24, 2.45) is 22.4 Å². The average Bonchev–Trinajstić information content (AvgIpc) is 2.98. The van der Waals surface area contributed by atoms with Gasteiger partial charge >= 0.3 is 5.97 Å². The van der Waals surface area contributed by atoms with Gasteiger partial charge in [-0.2, -0.15) is 0 Å². The van der Waals surface area contributed by atoms with Gasteiger partial charge in [-0.1, -0.05) is 13.0 Å². The first kappa shape index (κ1) is 23.4. The van der Waals surface area contributed by atoms with Gasteiger partial charge in [0, 0.05) is 5.41 Å². The molecule has 182 valence electrons. The highest BCUT2D eigenvalue weighted by Crippen LogP contribution is 2.61. The molecule has 0 radical (unpaired) electrons. The van der Waals surface area contributed by atoms with Crippen LogP contribution in [-0.4, -0.2) is 48.0 Å². The van der Waals surface area contributed by atoms with Gasteiger partial charge in [0.25, 0.3) is 0 Å². The SMILES string of the molecule is C[C@]12CCC3c4ccc(OC(=O)c5ccc(S(N)(=O)=O)cc5)cc4CCC3C1[C@@H](O)[C@@H](O)[C@@H]2O. The van der Waals surface area contributed by atoms with Crippen LogP contribution in [0.15, 0.2) is 47.4 Å². The molecular weight excluding hydrogens is 458 g/mol. The predicted octanol–water partition coefficient (Wildman–Crippen LogP) is 1.71. The summed E-state index contributed by atoms with van der Waals surface area (Å²) in [7, 11) is -3.84. The number of primary sulfonamides is 1. The second kappa shape index (κ2) is 8.13. The maximum Gasteiger partial charge on any atom is 0.343 e. The minimum absolute atomic E-state index is 0.0802. The van der Waals surface area contributed by atoms with E-state index in [0.717, 1.165) is 31.2 Å².